The van der Waals surface area contributed by atoms with Crippen LogP contribution in [0.5, 0.6) is 0 Å². The average Bonchev–Trinajstić information content (AvgIpc) is 2.21. The van der Waals surface area contributed by atoms with Gasteiger partial charge in [0.15, 0.2) is 0 Å². The summed E-state index contributed by atoms with van der Waals surface area (Å²) < 4.78 is 1.99. The third kappa shape index (κ3) is 5.87. The van der Waals surface area contributed by atoms with E-state index in [1.807, 2.05) is 12.3 Å². The normalized spacial score (nSPS) is 12.8. The molecular formula is C13H20Br2N2. The first-order valence-electron chi connectivity index (χ1n) is 6.06. The van der Waals surface area contributed by atoms with Gasteiger partial charge < -0.3 is 5.32 Å². The van der Waals surface area contributed by atoms with Crippen molar-refractivity contribution in [3.05, 3.63) is 21.2 Å². The van der Waals surface area contributed by atoms with Crippen molar-refractivity contribution in [1.82, 2.24) is 4.98 Å². The average molecular weight is 364 g/mol. The minimum Gasteiger partial charge on any atom is -0.367 e. The summed E-state index contributed by atoms with van der Waals surface area (Å²) in [5.74, 6) is 1.71. The first-order chi connectivity index (χ1) is 7.99. The van der Waals surface area contributed by atoms with Crippen molar-refractivity contribution in [2.24, 2.45) is 5.92 Å². The molecule has 0 amide bonds. The molecule has 0 fully saturated rings. The molecule has 4 heteroatoms. The van der Waals surface area contributed by atoms with Gasteiger partial charge in [-0.25, -0.2) is 4.98 Å². The van der Waals surface area contributed by atoms with Crippen LogP contribution in [-0.2, 0) is 0 Å². The Balaban J connectivity index is 2.42. The summed E-state index contributed by atoms with van der Waals surface area (Å²) in [6.07, 6.45) is 5.55. The van der Waals surface area contributed by atoms with Crippen molar-refractivity contribution < 1.29 is 0 Å². The smallest absolute Gasteiger partial charge is 0.140 e. The van der Waals surface area contributed by atoms with Crippen LogP contribution in [0.4, 0.5) is 5.82 Å². The van der Waals surface area contributed by atoms with Crippen molar-refractivity contribution in [3.63, 3.8) is 0 Å². The molecule has 0 saturated heterocycles. The maximum Gasteiger partial charge on any atom is 0.140 e. The molecule has 0 aliphatic rings. The molecule has 2 nitrogen and oxygen atoms in total. The molecule has 0 saturated carbocycles. The molecule has 0 radical (unpaired) electrons. The van der Waals surface area contributed by atoms with Gasteiger partial charge in [0.2, 0.25) is 0 Å². The lowest BCUT2D eigenvalue weighted by Crippen LogP contribution is -2.16. The largest absolute Gasteiger partial charge is 0.367 e. The minimum absolute atomic E-state index is 0.457. The third-order valence-corrected chi connectivity index (χ3v) is 3.65. The van der Waals surface area contributed by atoms with E-state index >= 15 is 0 Å². The zero-order valence-electron chi connectivity index (χ0n) is 10.6. The summed E-state index contributed by atoms with van der Waals surface area (Å²) >= 11 is 6.91. The molecule has 1 N–H and O–H groups in total. The SMILES string of the molecule is CC(C)CCCC(C)Nc1ncc(Br)cc1Br. The molecule has 1 unspecified atom stereocenters. The highest BCUT2D eigenvalue weighted by molar-refractivity contribution is 9.11. The Kier molecular flexibility index (Phi) is 6.49. The molecule has 0 spiro atoms. The topological polar surface area (TPSA) is 24.9 Å². The Morgan fingerprint density at radius 3 is 2.53 bits per heavy atom. The number of nitrogens with zero attached hydrogens (tertiary/aromatic N) is 1. The maximum atomic E-state index is 4.36. The minimum atomic E-state index is 0.457. The van der Waals surface area contributed by atoms with E-state index in [1.165, 1.54) is 19.3 Å². The summed E-state index contributed by atoms with van der Waals surface area (Å²) in [7, 11) is 0. The van der Waals surface area contributed by atoms with E-state index in [1.54, 1.807) is 0 Å². The first kappa shape index (κ1) is 15.0. The van der Waals surface area contributed by atoms with Crippen molar-refractivity contribution in [3.8, 4) is 0 Å². The number of rotatable bonds is 6. The molecule has 0 aromatic carbocycles. The van der Waals surface area contributed by atoms with Crippen LogP contribution in [0.1, 0.15) is 40.0 Å². The molecule has 1 aromatic heterocycles. The van der Waals surface area contributed by atoms with E-state index in [0.29, 0.717) is 6.04 Å². The van der Waals surface area contributed by atoms with Crippen molar-refractivity contribution >= 4 is 37.7 Å². The van der Waals surface area contributed by atoms with Gasteiger partial charge in [0.25, 0.3) is 0 Å². The number of hydrogen-bond donors (Lipinski definition) is 1. The van der Waals surface area contributed by atoms with Crippen LogP contribution in [-0.4, -0.2) is 11.0 Å². The van der Waals surface area contributed by atoms with Crippen LogP contribution in [0.3, 0.4) is 0 Å². The second kappa shape index (κ2) is 7.37. The van der Waals surface area contributed by atoms with Crippen LogP contribution in [0.2, 0.25) is 0 Å². The standard InChI is InChI=1S/C13H20Br2N2/c1-9(2)5-4-6-10(3)17-13-12(15)7-11(14)8-16-13/h7-10H,4-6H2,1-3H3,(H,16,17). The van der Waals surface area contributed by atoms with Gasteiger partial charge in [0, 0.05) is 16.7 Å². The lowest BCUT2D eigenvalue weighted by atomic mass is 10.0. The zero-order valence-corrected chi connectivity index (χ0v) is 13.8. The quantitative estimate of drug-likeness (QED) is 0.748. The van der Waals surface area contributed by atoms with Gasteiger partial charge in [-0.05, 0) is 57.2 Å². The van der Waals surface area contributed by atoms with Crippen LogP contribution < -0.4 is 5.32 Å². The highest BCUT2D eigenvalue weighted by atomic mass is 79.9. The summed E-state index contributed by atoms with van der Waals surface area (Å²) in [5, 5.41) is 3.43. The fourth-order valence-corrected chi connectivity index (χ4v) is 2.76. The monoisotopic (exact) mass is 362 g/mol. The lowest BCUT2D eigenvalue weighted by Gasteiger charge is -2.16. The number of nitrogens with one attached hydrogen (secondary N) is 1. The Bertz CT molecular complexity index is 353. The molecule has 0 bridgehead atoms. The summed E-state index contributed by atoms with van der Waals surface area (Å²) in [5.41, 5.74) is 0. The van der Waals surface area contributed by atoms with E-state index < -0.39 is 0 Å². The van der Waals surface area contributed by atoms with E-state index in [0.717, 1.165) is 20.7 Å². The number of aromatic nitrogens is 1. The predicted molar refractivity (Wildman–Crippen MR) is 81.4 cm³/mol. The molecular weight excluding hydrogens is 344 g/mol. The van der Waals surface area contributed by atoms with Gasteiger partial charge in [-0.2, -0.15) is 0 Å². The van der Waals surface area contributed by atoms with Crippen LogP contribution >= 0.6 is 31.9 Å². The van der Waals surface area contributed by atoms with E-state index in [2.05, 4.69) is 62.9 Å². The molecule has 1 heterocycles. The summed E-state index contributed by atoms with van der Waals surface area (Å²) in [6, 6.07) is 2.47. The van der Waals surface area contributed by atoms with E-state index in [9.17, 15) is 0 Å². The molecule has 0 aliphatic carbocycles. The summed E-state index contributed by atoms with van der Waals surface area (Å²) in [6.45, 7) is 6.74. The van der Waals surface area contributed by atoms with Crippen molar-refractivity contribution in [1.29, 1.82) is 0 Å². The van der Waals surface area contributed by atoms with Gasteiger partial charge in [0.05, 0.1) is 4.47 Å². The predicted octanol–water partition coefficient (Wildman–Crippen LogP) is 5.23. The molecule has 1 rings (SSSR count). The van der Waals surface area contributed by atoms with Crippen LogP contribution in [0.25, 0.3) is 0 Å². The Labute approximate surface area is 121 Å². The molecule has 1 aromatic rings. The van der Waals surface area contributed by atoms with Gasteiger partial charge in [-0.15, -0.1) is 0 Å². The van der Waals surface area contributed by atoms with Crippen LogP contribution in [0.15, 0.2) is 21.2 Å². The first-order valence-corrected chi connectivity index (χ1v) is 7.65. The molecule has 17 heavy (non-hydrogen) atoms. The van der Waals surface area contributed by atoms with Crippen molar-refractivity contribution in [2.75, 3.05) is 5.32 Å². The fourth-order valence-electron chi connectivity index (χ4n) is 1.66. The van der Waals surface area contributed by atoms with Crippen LogP contribution in [0, 0.1) is 5.92 Å². The fraction of sp³-hybridized carbons (Fsp3) is 0.615. The highest BCUT2D eigenvalue weighted by Crippen LogP contribution is 2.24. The molecule has 0 aliphatic heterocycles. The van der Waals surface area contributed by atoms with Gasteiger partial charge >= 0.3 is 0 Å². The molecule has 96 valence electrons. The van der Waals surface area contributed by atoms with Gasteiger partial charge in [-0.1, -0.05) is 26.7 Å². The highest BCUT2D eigenvalue weighted by Gasteiger charge is 2.07. The maximum absolute atomic E-state index is 4.36. The number of halogens is 2. The van der Waals surface area contributed by atoms with E-state index in [4.69, 9.17) is 0 Å². The Morgan fingerprint density at radius 2 is 1.94 bits per heavy atom. The second-order valence-electron chi connectivity index (χ2n) is 4.85. The third-order valence-electron chi connectivity index (χ3n) is 2.61. The lowest BCUT2D eigenvalue weighted by molar-refractivity contribution is 0.520. The van der Waals surface area contributed by atoms with Gasteiger partial charge in [-0.3, -0.25) is 0 Å². The number of anilines is 1. The number of pyridine rings is 1. The number of hydrogen-bond acceptors (Lipinski definition) is 2. The second-order valence-corrected chi connectivity index (χ2v) is 6.62. The molecule has 1 atom stereocenters. The Morgan fingerprint density at radius 1 is 1.24 bits per heavy atom. The van der Waals surface area contributed by atoms with Crippen molar-refractivity contribution in [2.45, 2.75) is 46.1 Å². The summed E-state index contributed by atoms with van der Waals surface area (Å²) in [4.78, 5) is 4.36. The zero-order chi connectivity index (χ0) is 12.8. The Hall–Kier alpha value is -0.0900. The van der Waals surface area contributed by atoms with Gasteiger partial charge in [0.1, 0.15) is 5.82 Å². The van der Waals surface area contributed by atoms with E-state index in [-0.39, 0.29) is 0 Å².